The molecule has 1 saturated heterocycles. The molecule has 0 N–H and O–H groups in total. The van der Waals surface area contributed by atoms with E-state index >= 15 is 0 Å². The van der Waals surface area contributed by atoms with Gasteiger partial charge in [-0.1, -0.05) is 12.1 Å². The van der Waals surface area contributed by atoms with Gasteiger partial charge in [0.15, 0.2) is 5.11 Å². The van der Waals surface area contributed by atoms with Crippen LogP contribution in [0.5, 0.6) is 0 Å². The van der Waals surface area contributed by atoms with Crippen molar-refractivity contribution in [3.05, 3.63) is 57.8 Å². The molecule has 132 valence electrons. The predicted octanol–water partition coefficient (Wildman–Crippen LogP) is 2.45. The number of amides is 2. The van der Waals surface area contributed by atoms with Gasteiger partial charge in [-0.25, -0.2) is 0 Å². The third kappa shape index (κ3) is 3.00. The molecule has 1 aromatic carbocycles. The summed E-state index contributed by atoms with van der Waals surface area (Å²) in [6.45, 7) is 0. The summed E-state index contributed by atoms with van der Waals surface area (Å²) in [6, 6.07) is 9.17. The van der Waals surface area contributed by atoms with Crippen molar-refractivity contribution in [2.75, 3.05) is 14.1 Å². The molecule has 1 fully saturated rings. The molecule has 2 aromatic rings. The van der Waals surface area contributed by atoms with Crippen LogP contribution in [0.25, 0.3) is 17.4 Å². The van der Waals surface area contributed by atoms with Crippen molar-refractivity contribution < 1.29 is 18.9 Å². The lowest BCUT2D eigenvalue weighted by Crippen LogP contribution is -2.52. The number of non-ortho nitro benzene ring substituents is 1. The van der Waals surface area contributed by atoms with Gasteiger partial charge in [-0.2, -0.15) is 0 Å². The fourth-order valence-corrected chi connectivity index (χ4v) is 2.64. The van der Waals surface area contributed by atoms with Crippen LogP contribution in [0.3, 0.4) is 0 Å². The van der Waals surface area contributed by atoms with Gasteiger partial charge in [0.2, 0.25) is 0 Å². The maximum absolute atomic E-state index is 12.3. The molecule has 0 bridgehead atoms. The van der Waals surface area contributed by atoms with E-state index in [1.165, 1.54) is 42.1 Å². The number of nitro groups is 1. The summed E-state index contributed by atoms with van der Waals surface area (Å²) in [5, 5.41) is 11.0. The van der Waals surface area contributed by atoms with Crippen molar-refractivity contribution in [1.29, 1.82) is 0 Å². The minimum Gasteiger partial charge on any atom is -0.457 e. The van der Waals surface area contributed by atoms with Gasteiger partial charge < -0.3 is 4.42 Å². The number of nitrogens with zero attached hydrogens (tertiary/aromatic N) is 3. The first-order valence-corrected chi connectivity index (χ1v) is 7.87. The zero-order valence-electron chi connectivity index (χ0n) is 13.8. The number of benzene rings is 1. The van der Waals surface area contributed by atoms with Crippen LogP contribution in [0.15, 0.2) is 46.4 Å². The zero-order valence-corrected chi connectivity index (χ0v) is 14.6. The van der Waals surface area contributed by atoms with Crippen molar-refractivity contribution in [3.8, 4) is 11.3 Å². The highest BCUT2D eigenvalue weighted by Gasteiger charge is 2.35. The molecule has 0 atom stereocenters. The van der Waals surface area contributed by atoms with Gasteiger partial charge in [0.1, 0.15) is 17.1 Å². The van der Waals surface area contributed by atoms with E-state index in [2.05, 4.69) is 0 Å². The van der Waals surface area contributed by atoms with Crippen LogP contribution in [0.1, 0.15) is 5.76 Å². The molecule has 1 aliphatic rings. The second-order valence-corrected chi connectivity index (χ2v) is 5.94. The molecule has 0 saturated carbocycles. The lowest BCUT2D eigenvalue weighted by Gasteiger charge is -2.31. The van der Waals surface area contributed by atoms with Gasteiger partial charge in [0.05, 0.1) is 4.92 Å². The second-order valence-electron chi connectivity index (χ2n) is 5.58. The van der Waals surface area contributed by atoms with Gasteiger partial charge in [0, 0.05) is 31.8 Å². The number of hydrogen-bond donors (Lipinski definition) is 0. The van der Waals surface area contributed by atoms with Gasteiger partial charge in [-0.15, -0.1) is 0 Å². The van der Waals surface area contributed by atoms with Crippen molar-refractivity contribution in [2.45, 2.75) is 0 Å². The lowest BCUT2D eigenvalue weighted by molar-refractivity contribution is -0.384. The first-order chi connectivity index (χ1) is 12.3. The average Bonchev–Trinajstić information content (AvgIpc) is 3.11. The highest BCUT2D eigenvalue weighted by Crippen LogP contribution is 2.27. The second kappa shape index (κ2) is 6.52. The van der Waals surface area contributed by atoms with Crippen LogP contribution in [0.4, 0.5) is 5.69 Å². The fraction of sp³-hybridized carbons (Fsp3) is 0.118. The Bertz CT molecular complexity index is 952. The first-order valence-electron chi connectivity index (χ1n) is 7.46. The van der Waals surface area contributed by atoms with Crippen molar-refractivity contribution in [3.63, 3.8) is 0 Å². The SMILES string of the molecule is CN1C(=O)C(=Cc2ccc(-c3cccc([N+](=O)[O-])c3)o2)C(=O)N(C)C1=S. The number of rotatable bonds is 3. The molecular formula is C17H13N3O5S. The molecule has 0 aliphatic carbocycles. The largest absolute Gasteiger partial charge is 0.457 e. The molecule has 2 heterocycles. The Morgan fingerprint density at radius 3 is 2.38 bits per heavy atom. The number of carbonyl (C=O) groups excluding carboxylic acids is 2. The summed E-state index contributed by atoms with van der Waals surface area (Å²) < 4.78 is 5.63. The van der Waals surface area contributed by atoms with Crippen LogP contribution in [-0.2, 0) is 9.59 Å². The smallest absolute Gasteiger partial charge is 0.270 e. The molecular weight excluding hydrogens is 358 g/mol. The van der Waals surface area contributed by atoms with E-state index in [-0.39, 0.29) is 22.1 Å². The summed E-state index contributed by atoms with van der Waals surface area (Å²) in [6.07, 6.45) is 1.33. The standard InChI is InChI=1S/C17H13N3O5S/c1-18-15(21)13(16(22)19(2)17(18)26)9-12-6-7-14(25-12)10-4-3-5-11(8-10)20(23)24/h3-9H,1-2H3. The normalized spacial score (nSPS) is 14.8. The monoisotopic (exact) mass is 371 g/mol. The van der Waals surface area contributed by atoms with Crippen LogP contribution in [-0.4, -0.2) is 45.7 Å². The highest BCUT2D eigenvalue weighted by atomic mass is 32.1. The van der Waals surface area contributed by atoms with Crippen LogP contribution in [0, 0.1) is 10.1 Å². The summed E-state index contributed by atoms with van der Waals surface area (Å²) in [7, 11) is 2.97. The Morgan fingerprint density at radius 1 is 1.12 bits per heavy atom. The summed E-state index contributed by atoms with van der Waals surface area (Å²) in [5.74, 6) is -0.385. The molecule has 1 aromatic heterocycles. The first kappa shape index (κ1) is 17.5. The maximum Gasteiger partial charge on any atom is 0.270 e. The van der Waals surface area contributed by atoms with Crippen molar-refractivity contribution >= 4 is 40.9 Å². The topological polar surface area (TPSA) is 96.9 Å². The maximum atomic E-state index is 12.3. The molecule has 0 radical (unpaired) electrons. The van der Waals surface area contributed by atoms with Crippen molar-refractivity contribution in [1.82, 2.24) is 9.80 Å². The molecule has 3 rings (SSSR count). The fourth-order valence-electron chi connectivity index (χ4n) is 2.48. The van der Waals surface area contributed by atoms with Gasteiger partial charge >= 0.3 is 0 Å². The average molecular weight is 371 g/mol. The number of nitro benzene ring substituents is 1. The molecule has 8 nitrogen and oxygen atoms in total. The Labute approximate surface area is 153 Å². The Kier molecular flexibility index (Phi) is 4.39. The number of hydrogen-bond acceptors (Lipinski definition) is 6. The molecule has 0 spiro atoms. The van der Waals surface area contributed by atoms with Gasteiger partial charge in [-0.3, -0.25) is 29.5 Å². The Morgan fingerprint density at radius 2 is 1.77 bits per heavy atom. The van der Waals surface area contributed by atoms with Gasteiger partial charge in [0.25, 0.3) is 17.5 Å². The Hall–Kier alpha value is -3.33. The molecule has 2 amide bonds. The van der Waals surface area contributed by atoms with E-state index in [0.29, 0.717) is 11.3 Å². The van der Waals surface area contributed by atoms with E-state index in [9.17, 15) is 19.7 Å². The summed E-state index contributed by atoms with van der Waals surface area (Å²) in [5.41, 5.74) is 0.373. The summed E-state index contributed by atoms with van der Waals surface area (Å²) >= 11 is 5.03. The van der Waals surface area contributed by atoms with E-state index in [1.54, 1.807) is 24.3 Å². The third-order valence-electron chi connectivity index (χ3n) is 3.90. The number of carbonyl (C=O) groups is 2. The number of furan rings is 1. The highest BCUT2D eigenvalue weighted by molar-refractivity contribution is 7.80. The van der Waals surface area contributed by atoms with Crippen molar-refractivity contribution in [2.24, 2.45) is 0 Å². The van der Waals surface area contributed by atoms with Crippen LogP contribution < -0.4 is 0 Å². The Balaban J connectivity index is 1.95. The van der Waals surface area contributed by atoms with E-state index in [0.717, 1.165) is 0 Å². The zero-order chi connectivity index (χ0) is 19.0. The molecule has 26 heavy (non-hydrogen) atoms. The quantitative estimate of drug-likeness (QED) is 0.270. The molecule has 1 aliphatic heterocycles. The number of likely N-dealkylation sites (N-methyl/N-ethyl adjacent to an activating group) is 2. The van der Waals surface area contributed by atoms with E-state index in [4.69, 9.17) is 16.6 Å². The predicted molar refractivity (Wildman–Crippen MR) is 96.9 cm³/mol. The molecule has 9 heteroatoms. The lowest BCUT2D eigenvalue weighted by atomic mass is 10.1. The van der Waals surface area contributed by atoms with Gasteiger partial charge in [-0.05, 0) is 30.4 Å². The number of thiocarbonyl (C=S) groups is 1. The van der Waals surface area contributed by atoms with E-state index in [1.807, 2.05) is 0 Å². The third-order valence-corrected chi connectivity index (χ3v) is 4.45. The van der Waals surface area contributed by atoms with Crippen LogP contribution >= 0.6 is 12.2 Å². The minimum atomic E-state index is -0.522. The minimum absolute atomic E-state index is 0.0618. The van der Waals surface area contributed by atoms with E-state index < -0.39 is 16.7 Å². The summed E-state index contributed by atoms with van der Waals surface area (Å²) in [4.78, 5) is 37.4. The molecule has 0 unspecified atom stereocenters. The van der Waals surface area contributed by atoms with Crippen LogP contribution in [0.2, 0.25) is 0 Å².